The van der Waals surface area contributed by atoms with Gasteiger partial charge in [-0.25, -0.2) is 4.98 Å². The molecule has 1 atom stereocenters. The van der Waals surface area contributed by atoms with Crippen LogP contribution in [0.15, 0.2) is 16.8 Å². The minimum Gasteiger partial charge on any atom is -0.361 e. The van der Waals surface area contributed by atoms with Crippen LogP contribution in [0.25, 0.3) is 0 Å². The molecule has 1 saturated carbocycles. The quantitative estimate of drug-likeness (QED) is 0.901. The molecule has 0 unspecified atom stereocenters. The van der Waals surface area contributed by atoms with E-state index in [1.807, 2.05) is 19.2 Å². The van der Waals surface area contributed by atoms with Crippen molar-refractivity contribution in [1.29, 1.82) is 0 Å². The molecular formula is C17H23N5O2. The summed E-state index contributed by atoms with van der Waals surface area (Å²) in [5.41, 5.74) is 1.80. The fraction of sp³-hybridized carbons (Fsp3) is 0.588. The van der Waals surface area contributed by atoms with Crippen molar-refractivity contribution in [1.82, 2.24) is 24.9 Å². The van der Waals surface area contributed by atoms with E-state index in [2.05, 4.69) is 26.9 Å². The summed E-state index contributed by atoms with van der Waals surface area (Å²) in [4.78, 5) is 19.0. The Hall–Kier alpha value is -2.15. The maximum atomic E-state index is 12.0. The summed E-state index contributed by atoms with van der Waals surface area (Å²) in [7, 11) is 0. The molecule has 1 fully saturated rings. The van der Waals surface area contributed by atoms with Gasteiger partial charge in [0.15, 0.2) is 0 Å². The number of hydrogen-bond donors (Lipinski definition) is 1. The topological polar surface area (TPSA) is 76.2 Å². The van der Waals surface area contributed by atoms with Crippen LogP contribution >= 0.6 is 0 Å². The van der Waals surface area contributed by atoms with E-state index < -0.39 is 0 Å². The van der Waals surface area contributed by atoms with Crippen LogP contribution in [-0.4, -0.2) is 38.1 Å². The molecule has 128 valence electrons. The largest absolute Gasteiger partial charge is 0.361 e. The Balaban J connectivity index is 1.43. The average Bonchev–Trinajstić information content (AvgIpc) is 3.09. The summed E-state index contributed by atoms with van der Waals surface area (Å²) < 4.78 is 7.33. The van der Waals surface area contributed by atoms with Crippen molar-refractivity contribution in [3.63, 3.8) is 0 Å². The molecule has 2 aliphatic rings. The van der Waals surface area contributed by atoms with Crippen molar-refractivity contribution < 1.29 is 9.32 Å². The van der Waals surface area contributed by atoms with Gasteiger partial charge in [-0.2, -0.15) is 0 Å². The average molecular weight is 329 g/mol. The number of amides is 1. The second kappa shape index (κ2) is 6.05. The lowest BCUT2D eigenvalue weighted by Gasteiger charge is -2.32. The van der Waals surface area contributed by atoms with Crippen molar-refractivity contribution in [3.05, 3.63) is 35.2 Å². The van der Waals surface area contributed by atoms with E-state index in [0.29, 0.717) is 12.5 Å². The number of fused-ring (bicyclic) bond motifs is 1. The zero-order valence-corrected chi connectivity index (χ0v) is 14.2. The van der Waals surface area contributed by atoms with E-state index in [1.54, 1.807) is 0 Å². The van der Waals surface area contributed by atoms with E-state index in [0.717, 1.165) is 55.4 Å². The molecular weight excluding hydrogens is 306 g/mol. The van der Waals surface area contributed by atoms with Crippen LogP contribution in [0.4, 0.5) is 0 Å². The van der Waals surface area contributed by atoms with Gasteiger partial charge < -0.3 is 14.4 Å². The summed E-state index contributed by atoms with van der Waals surface area (Å²) in [6, 6.07) is 2.56. The molecule has 1 amide bonds. The molecule has 2 aromatic heterocycles. The fourth-order valence-electron chi connectivity index (χ4n) is 3.26. The van der Waals surface area contributed by atoms with Crippen LogP contribution in [0.2, 0.25) is 0 Å². The van der Waals surface area contributed by atoms with Crippen LogP contribution < -0.4 is 5.32 Å². The van der Waals surface area contributed by atoms with Gasteiger partial charge in [0.2, 0.25) is 5.91 Å². The van der Waals surface area contributed by atoms with Gasteiger partial charge in [-0.1, -0.05) is 5.16 Å². The highest BCUT2D eigenvalue weighted by molar-refractivity contribution is 5.78. The maximum Gasteiger partial charge on any atom is 0.226 e. The normalized spacial score (nSPS) is 20.8. The first-order chi connectivity index (χ1) is 11.6. The first kappa shape index (κ1) is 15.4. The van der Waals surface area contributed by atoms with E-state index in [9.17, 15) is 4.79 Å². The Morgan fingerprint density at radius 2 is 2.21 bits per heavy atom. The van der Waals surface area contributed by atoms with Gasteiger partial charge in [0, 0.05) is 37.9 Å². The fourth-order valence-corrected chi connectivity index (χ4v) is 3.26. The van der Waals surface area contributed by atoms with Gasteiger partial charge in [0.25, 0.3) is 0 Å². The Morgan fingerprint density at radius 1 is 1.38 bits per heavy atom. The van der Waals surface area contributed by atoms with E-state index >= 15 is 0 Å². The predicted molar refractivity (Wildman–Crippen MR) is 87.2 cm³/mol. The van der Waals surface area contributed by atoms with Gasteiger partial charge in [0.1, 0.15) is 11.6 Å². The molecule has 7 heteroatoms. The summed E-state index contributed by atoms with van der Waals surface area (Å²) in [5, 5.41) is 7.10. The molecule has 4 rings (SSSR count). The van der Waals surface area contributed by atoms with Crippen molar-refractivity contribution in [3.8, 4) is 0 Å². The highest BCUT2D eigenvalue weighted by Gasteiger charge is 2.28. The number of carbonyl (C=O) groups is 1. The van der Waals surface area contributed by atoms with E-state index in [1.165, 1.54) is 0 Å². The van der Waals surface area contributed by atoms with Gasteiger partial charge in [0.05, 0.1) is 23.9 Å². The van der Waals surface area contributed by atoms with Gasteiger partial charge in [-0.3, -0.25) is 9.69 Å². The number of hydrogen-bond acceptors (Lipinski definition) is 5. The molecule has 0 radical (unpaired) electrons. The van der Waals surface area contributed by atoms with Crippen molar-refractivity contribution in [2.45, 2.75) is 58.3 Å². The standard InChI is InChI=1S/C17H23N5O2/c1-11-7-15(20-24-11)10-21-5-6-22-9-14(19-17(22)12(21)2)8-16(23)18-13-3-4-13/h7,9,12-13H,3-6,8,10H2,1-2H3,(H,18,23)/t12-/m1/s1. The number of nitrogens with one attached hydrogen (secondary N) is 1. The minimum absolute atomic E-state index is 0.0792. The Morgan fingerprint density at radius 3 is 2.92 bits per heavy atom. The first-order valence-corrected chi connectivity index (χ1v) is 8.60. The molecule has 1 aliphatic heterocycles. The maximum absolute atomic E-state index is 12.0. The number of nitrogens with zero attached hydrogens (tertiary/aromatic N) is 4. The molecule has 7 nitrogen and oxygen atoms in total. The zero-order chi connectivity index (χ0) is 16.7. The minimum atomic E-state index is 0.0792. The van der Waals surface area contributed by atoms with Crippen molar-refractivity contribution in [2.75, 3.05) is 6.54 Å². The van der Waals surface area contributed by atoms with Gasteiger partial charge in [-0.15, -0.1) is 0 Å². The number of carbonyl (C=O) groups excluding carboxylic acids is 1. The van der Waals surface area contributed by atoms with Crippen LogP contribution in [0.1, 0.15) is 48.8 Å². The number of aromatic nitrogens is 3. The van der Waals surface area contributed by atoms with Crippen LogP contribution in [0.3, 0.4) is 0 Å². The van der Waals surface area contributed by atoms with Crippen molar-refractivity contribution >= 4 is 5.91 Å². The number of imidazole rings is 1. The summed E-state index contributed by atoms with van der Waals surface area (Å²) in [6.07, 6.45) is 4.61. The molecule has 24 heavy (non-hydrogen) atoms. The highest BCUT2D eigenvalue weighted by atomic mass is 16.5. The molecule has 0 aromatic carbocycles. The monoisotopic (exact) mass is 329 g/mol. The third-order valence-electron chi connectivity index (χ3n) is 4.73. The lowest BCUT2D eigenvalue weighted by molar-refractivity contribution is -0.120. The Kier molecular flexibility index (Phi) is 3.88. The first-order valence-electron chi connectivity index (χ1n) is 8.60. The smallest absolute Gasteiger partial charge is 0.226 e. The van der Waals surface area contributed by atoms with E-state index in [-0.39, 0.29) is 11.9 Å². The summed E-state index contributed by atoms with van der Waals surface area (Å²) in [5.74, 6) is 1.94. The highest BCUT2D eigenvalue weighted by Crippen LogP contribution is 2.26. The second-order valence-electron chi connectivity index (χ2n) is 6.88. The SMILES string of the molecule is Cc1cc(CN2CCn3cc(CC(=O)NC4CC4)nc3[C@H]2C)no1. The lowest BCUT2D eigenvalue weighted by Crippen LogP contribution is -2.36. The van der Waals surface area contributed by atoms with Crippen LogP contribution in [0.5, 0.6) is 0 Å². The van der Waals surface area contributed by atoms with Crippen LogP contribution in [0, 0.1) is 6.92 Å². The number of aryl methyl sites for hydroxylation is 1. The third kappa shape index (κ3) is 3.21. The summed E-state index contributed by atoms with van der Waals surface area (Å²) in [6.45, 7) is 6.63. The second-order valence-corrected chi connectivity index (χ2v) is 6.88. The predicted octanol–water partition coefficient (Wildman–Crippen LogP) is 1.58. The molecule has 1 aliphatic carbocycles. The molecule has 2 aromatic rings. The molecule has 0 saturated heterocycles. The Bertz CT molecular complexity index is 746. The molecule has 0 spiro atoms. The summed E-state index contributed by atoms with van der Waals surface area (Å²) >= 11 is 0. The molecule has 0 bridgehead atoms. The Labute approximate surface area is 141 Å². The van der Waals surface area contributed by atoms with Crippen LogP contribution in [-0.2, 0) is 24.3 Å². The number of rotatable bonds is 5. The van der Waals surface area contributed by atoms with E-state index in [4.69, 9.17) is 9.51 Å². The molecule has 3 heterocycles. The van der Waals surface area contributed by atoms with Gasteiger partial charge >= 0.3 is 0 Å². The zero-order valence-electron chi connectivity index (χ0n) is 14.2. The molecule has 1 N–H and O–H groups in total. The van der Waals surface area contributed by atoms with Crippen molar-refractivity contribution in [2.24, 2.45) is 0 Å². The lowest BCUT2D eigenvalue weighted by atomic mass is 10.2. The third-order valence-corrected chi connectivity index (χ3v) is 4.73. The van der Waals surface area contributed by atoms with Gasteiger partial charge in [-0.05, 0) is 26.7 Å².